The first-order valence-corrected chi connectivity index (χ1v) is 10.3. The van der Waals surface area contributed by atoms with Gasteiger partial charge >= 0.3 is 0 Å². The maximum Gasteiger partial charge on any atom is 0.294 e. The van der Waals surface area contributed by atoms with Crippen molar-refractivity contribution in [3.05, 3.63) is 100 Å². The number of nitrogens with zero attached hydrogens (tertiary/aromatic N) is 2. The average Bonchev–Trinajstić information content (AvgIpc) is 2.82. The molecular weight excluding hydrogens is 420 g/mol. The Morgan fingerprint density at radius 1 is 0.909 bits per heavy atom. The third-order valence-electron chi connectivity index (χ3n) is 5.03. The molecule has 0 aliphatic rings. The molecule has 2 amide bonds. The Kier molecular flexibility index (Phi) is 6.17. The summed E-state index contributed by atoms with van der Waals surface area (Å²) in [7, 11) is 0. The molecule has 4 aromatic rings. The Bertz CT molecular complexity index is 1380. The van der Waals surface area contributed by atoms with Crippen molar-refractivity contribution in [1.82, 2.24) is 20.6 Å². The van der Waals surface area contributed by atoms with Crippen LogP contribution in [0.25, 0.3) is 16.5 Å². The molecule has 0 aliphatic heterocycles. The number of aromatic nitrogens is 2. The summed E-state index contributed by atoms with van der Waals surface area (Å²) in [4.78, 5) is 37.3. The molecule has 8 heteroatoms. The number of rotatable bonds is 5. The number of nitrogens with one attached hydrogen (secondary N) is 2. The SMILES string of the molecule is Cc1cc(=O)c(C(=O)NNC(=O)C(C)Oc2ccc3ccccc3c2)nn1-c1ccccc1. The van der Waals surface area contributed by atoms with Crippen LogP contribution in [-0.4, -0.2) is 27.7 Å². The van der Waals surface area contributed by atoms with Crippen molar-refractivity contribution < 1.29 is 14.3 Å². The van der Waals surface area contributed by atoms with E-state index >= 15 is 0 Å². The van der Waals surface area contributed by atoms with Crippen molar-refractivity contribution in [2.24, 2.45) is 0 Å². The largest absolute Gasteiger partial charge is 0.481 e. The van der Waals surface area contributed by atoms with E-state index in [-0.39, 0.29) is 5.69 Å². The minimum absolute atomic E-state index is 0.340. The summed E-state index contributed by atoms with van der Waals surface area (Å²) in [5, 5.41) is 6.21. The summed E-state index contributed by atoms with van der Waals surface area (Å²) in [5.74, 6) is -0.878. The number of aryl methyl sites for hydroxylation is 1. The number of ether oxygens (including phenoxy) is 1. The van der Waals surface area contributed by atoms with E-state index in [1.165, 1.54) is 10.7 Å². The van der Waals surface area contributed by atoms with E-state index in [9.17, 15) is 14.4 Å². The van der Waals surface area contributed by atoms with Crippen molar-refractivity contribution in [1.29, 1.82) is 0 Å². The van der Waals surface area contributed by atoms with Crippen LogP contribution < -0.4 is 21.0 Å². The van der Waals surface area contributed by atoms with Crippen LogP contribution in [0.5, 0.6) is 5.75 Å². The van der Waals surface area contributed by atoms with Gasteiger partial charge in [0.2, 0.25) is 5.43 Å². The van der Waals surface area contributed by atoms with Crippen molar-refractivity contribution in [2.45, 2.75) is 20.0 Å². The molecule has 0 radical (unpaired) electrons. The summed E-state index contributed by atoms with van der Waals surface area (Å²) in [6, 6.07) is 23.7. The van der Waals surface area contributed by atoms with Gasteiger partial charge in [-0.2, -0.15) is 5.10 Å². The molecule has 3 aromatic carbocycles. The molecule has 166 valence electrons. The summed E-state index contributed by atoms with van der Waals surface area (Å²) < 4.78 is 7.18. The zero-order valence-corrected chi connectivity index (χ0v) is 18.1. The van der Waals surface area contributed by atoms with Crippen LogP contribution in [-0.2, 0) is 4.79 Å². The van der Waals surface area contributed by atoms with Gasteiger partial charge < -0.3 is 4.74 Å². The van der Waals surface area contributed by atoms with Crippen LogP contribution in [0.15, 0.2) is 83.7 Å². The molecule has 0 bridgehead atoms. The van der Waals surface area contributed by atoms with Crippen LogP contribution >= 0.6 is 0 Å². The number of benzene rings is 3. The average molecular weight is 442 g/mol. The molecule has 4 rings (SSSR count). The predicted octanol–water partition coefficient (Wildman–Crippen LogP) is 2.92. The minimum Gasteiger partial charge on any atom is -0.481 e. The molecule has 1 atom stereocenters. The van der Waals surface area contributed by atoms with Gasteiger partial charge in [-0.15, -0.1) is 0 Å². The molecule has 0 fully saturated rings. The third kappa shape index (κ3) is 4.90. The van der Waals surface area contributed by atoms with Crippen LogP contribution in [0.2, 0.25) is 0 Å². The number of hydrogen-bond donors (Lipinski definition) is 2. The molecule has 0 saturated carbocycles. The molecule has 0 aliphatic carbocycles. The van der Waals surface area contributed by atoms with Gasteiger partial charge in [0.25, 0.3) is 11.8 Å². The van der Waals surface area contributed by atoms with E-state index in [0.717, 1.165) is 10.8 Å². The number of carbonyl (C=O) groups is 2. The van der Waals surface area contributed by atoms with Gasteiger partial charge in [-0.3, -0.25) is 25.2 Å². The van der Waals surface area contributed by atoms with E-state index in [1.807, 2.05) is 54.6 Å². The number of carbonyl (C=O) groups excluding carboxylic acids is 2. The Hall–Kier alpha value is -4.46. The van der Waals surface area contributed by atoms with Crippen LogP contribution in [0.3, 0.4) is 0 Å². The molecule has 1 unspecified atom stereocenters. The highest BCUT2D eigenvalue weighted by Gasteiger charge is 2.19. The summed E-state index contributed by atoms with van der Waals surface area (Å²) in [6.45, 7) is 3.28. The molecule has 2 N–H and O–H groups in total. The summed E-state index contributed by atoms with van der Waals surface area (Å²) in [6.07, 6.45) is -0.890. The van der Waals surface area contributed by atoms with Crippen molar-refractivity contribution in [2.75, 3.05) is 0 Å². The fourth-order valence-electron chi connectivity index (χ4n) is 3.31. The highest BCUT2D eigenvalue weighted by molar-refractivity contribution is 5.94. The van der Waals surface area contributed by atoms with E-state index in [2.05, 4.69) is 16.0 Å². The molecule has 1 aromatic heterocycles. The fraction of sp³-hybridized carbons (Fsp3) is 0.120. The van der Waals surface area contributed by atoms with Gasteiger partial charge in [-0.05, 0) is 48.9 Å². The maximum absolute atomic E-state index is 12.5. The van der Waals surface area contributed by atoms with Gasteiger partial charge in [0, 0.05) is 11.8 Å². The summed E-state index contributed by atoms with van der Waals surface area (Å²) in [5.41, 5.74) is 4.91. The predicted molar refractivity (Wildman–Crippen MR) is 124 cm³/mol. The van der Waals surface area contributed by atoms with Gasteiger partial charge in [0.15, 0.2) is 11.8 Å². The first-order valence-electron chi connectivity index (χ1n) is 10.3. The second-order valence-electron chi connectivity index (χ2n) is 7.46. The summed E-state index contributed by atoms with van der Waals surface area (Å²) >= 11 is 0. The standard InChI is InChI=1S/C25H22N4O4/c1-16-14-22(30)23(28-29(16)20-10-4-3-5-11-20)25(32)27-26-24(31)17(2)33-21-13-12-18-8-6-7-9-19(18)15-21/h3-15,17H,1-2H3,(H,26,31)(H,27,32). The highest BCUT2D eigenvalue weighted by atomic mass is 16.5. The van der Waals surface area contributed by atoms with Crippen molar-refractivity contribution in [3.63, 3.8) is 0 Å². The fourth-order valence-corrected chi connectivity index (χ4v) is 3.31. The Morgan fingerprint density at radius 3 is 2.36 bits per heavy atom. The maximum atomic E-state index is 12.5. The van der Waals surface area contributed by atoms with Gasteiger partial charge in [0.1, 0.15) is 5.75 Å². The Morgan fingerprint density at radius 2 is 1.61 bits per heavy atom. The Balaban J connectivity index is 1.42. The van der Waals surface area contributed by atoms with Crippen LogP contribution in [0.4, 0.5) is 0 Å². The number of fused-ring (bicyclic) bond motifs is 1. The topological polar surface area (TPSA) is 102 Å². The molecule has 1 heterocycles. The van der Waals surface area contributed by atoms with Gasteiger partial charge in [-0.25, -0.2) is 4.68 Å². The lowest BCUT2D eigenvalue weighted by atomic mass is 10.1. The van der Waals surface area contributed by atoms with Crippen LogP contribution in [0.1, 0.15) is 23.1 Å². The Labute approximate surface area is 189 Å². The number of amides is 2. The first kappa shape index (κ1) is 21.8. The molecule has 8 nitrogen and oxygen atoms in total. The normalized spacial score (nSPS) is 11.6. The lowest BCUT2D eigenvalue weighted by molar-refractivity contribution is -0.128. The van der Waals surface area contributed by atoms with Crippen molar-refractivity contribution >= 4 is 22.6 Å². The number of hydrazine groups is 1. The van der Waals surface area contributed by atoms with Crippen molar-refractivity contribution in [3.8, 4) is 11.4 Å². The second kappa shape index (κ2) is 9.35. The van der Waals surface area contributed by atoms with E-state index in [4.69, 9.17) is 4.74 Å². The second-order valence-corrected chi connectivity index (χ2v) is 7.46. The third-order valence-corrected chi connectivity index (χ3v) is 5.03. The molecular formula is C25H22N4O4. The van der Waals surface area contributed by atoms with Gasteiger partial charge in [0.05, 0.1) is 5.69 Å². The zero-order valence-electron chi connectivity index (χ0n) is 18.1. The monoisotopic (exact) mass is 442 g/mol. The lowest BCUT2D eigenvalue weighted by Crippen LogP contribution is -2.48. The lowest BCUT2D eigenvalue weighted by Gasteiger charge is -2.16. The smallest absolute Gasteiger partial charge is 0.294 e. The van der Waals surface area contributed by atoms with E-state index < -0.39 is 23.3 Å². The first-order chi connectivity index (χ1) is 15.9. The van der Waals surface area contributed by atoms with Gasteiger partial charge in [-0.1, -0.05) is 48.5 Å². The van der Waals surface area contributed by atoms with Crippen LogP contribution in [0, 0.1) is 6.92 Å². The zero-order chi connectivity index (χ0) is 23.4. The number of hydrogen-bond acceptors (Lipinski definition) is 5. The number of para-hydroxylation sites is 1. The minimum atomic E-state index is -0.890. The molecule has 0 spiro atoms. The molecule has 33 heavy (non-hydrogen) atoms. The quantitative estimate of drug-likeness (QED) is 0.463. The molecule has 0 saturated heterocycles. The van der Waals surface area contributed by atoms with E-state index in [0.29, 0.717) is 17.1 Å². The highest BCUT2D eigenvalue weighted by Crippen LogP contribution is 2.21. The van der Waals surface area contributed by atoms with E-state index in [1.54, 1.807) is 32.0 Å².